The number of rotatable bonds is 4. The summed E-state index contributed by atoms with van der Waals surface area (Å²) in [5, 5.41) is 2.85. The van der Waals surface area contributed by atoms with E-state index >= 15 is 0 Å². The van der Waals surface area contributed by atoms with Crippen molar-refractivity contribution in [3.63, 3.8) is 0 Å². The van der Waals surface area contributed by atoms with Crippen molar-refractivity contribution >= 4 is 17.6 Å². The lowest BCUT2D eigenvalue weighted by Gasteiger charge is -2.24. The Kier molecular flexibility index (Phi) is 3.54. The molecule has 0 spiro atoms. The molecule has 1 heterocycles. The number of hydrogen-bond donors (Lipinski definition) is 1. The van der Waals surface area contributed by atoms with Crippen LogP contribution in [0, 0.1) is 11.3 Å². The third kappa shape index (κ3) is 2.76. The number of benzene rings is 1. The first kappa shape index (κ1) is 15.7. The van der Waals surface area contributed by atoms with Crippen LogP contribution in [0.5, 0.6) is 0 Å². The topological polar surface area (TPSA) is 66.5 Å². The fourth-order valence-electron chi connectivity index (χ4n) is 3.43. The van der Waals surface area contributed by atoms with Crippen molar-refractivity contribution < 1.29 is 14.4 Å². The average Bonchev–Trinajstić information content (AvgIpc) is 3.13. The number of hydrogen-bond acceptors (Lipinski definition) is 3. The second-order valence-electron chi connectivity index (χ2n) is 7.55. The molecule has 5 heteroatoms. The lowest BCUT2D eigenvalue weighted by molar-refractivity contribution is -0.136. The quantitative estimate of drug-likeness (QED) is 0.678. The number of fused-ring (bicyclic) bond motifs is 1. The highest BCUT2D eigenvalue weighted by Crippen LogP contribution is 2.60. The van der Waals surface area contributed by atoms with Gasteiger partial charge in [0.15, 0.2) is 5.78 Å². The zero-order chi connectivity index (χ0) is 16.8. The Morgan fingerprint density at radius 2 is 1.91 bits per heavy atom. The second-order valence-corrected chi connectivity index (χ2v) is 7.55. The average molecular weight is 314 g/mol. The molecule has 1 saturated heterocycles. The van der Waals surface area contributed by atoms with Crippen LogP contribution in [0.15, 0.2) is 30.3 Å². The highest BCUT2D eigenvalue weighted by molar-refractivity contribution is 6.18. The summed E-state index contributed by atoms with van der Waals surface area (Å²) in [6, 6.07) is 8.94. The molecule has 2 amide bonds. The van der Waals surface area contributed by atoms with E-state index in [4.69, 9.17) is 0 Å². The number of carbonyl (C=O) groups is 3. The van der Waals surface area contributed by atoms with Crippen molar-refractivity contribution in [2.24, 2.45) is 11.3 Å². The molecule has 1 aliphatic carbocycles. The summed E-state index contributed by atoms with van der Waals surface area (Å²) in [6.07, 6.45) is 0.608. The number of likely N-dealkylation sites (tertiary alicyclic amines) is 1. The van der Waals surface area contributed by atoms with Crippen LogP contribution in [-0.2, 0) is 9.59 Å². The highest BCUT2D eigenvalue weighted by Gasteiger charge is 2.70. The minimum Gasteiger partial charge on any atom is -0.350 e. The van der Waals surface area contributed by atoms with Gasteiger partial charge in [0.25, 0.3) is 0 Å². The molecule has 1 aromatic carbocycles. The summed E-state index contributed by atoms with van der Waals surface area (Å²) in [7, 11) is 0. The Balaban J connectivity index is 1.71. The van der Waals surface area contributed by atoms with Crippen molar-refractivity contribution in [3.05, 3.63) is 35.9 Å². The standard InChI is InChI=1S/C18H22N2O3/c1-17(2,3)19-14(21)11-20-10-13-9-18(13,16(20)23)15(22)12-7-5-4-6-8-12/h4-8,13H,9-11H2,1-3H3,(H,19,21). The second kappa shape index (κ2) is 5.18. The first-order valence-electron chi connectivity index (χ1n) is 7.94. The van der Waals surface area contributed by atoms with Crippen LogP contribution in [0.4, 0.5) is 0 Å². The first-order valence-corrected chi connectivity index (χ1v) is 7.94. The number of Topliss-reactive ketones (excluding diaryl/α,β-unsaturated/α-hetero) is 1. The zero-order valence-corrected chi connectivity index (χ0v) is 13.8. The summed E-state index contributed by atoms with van der Waals surface area (Å²) in [4.78, 5) is 39.0. The van der Waals surface area contributed by atoms with E-state index in [1.807, 2.05) is 26.8 Å². The van der Waals surface area contributed by atoms with Crippen molar-refractivity contribution in [1.29, 1.82) is 0 Å². The van der Waals surface area contributed by atoms with Crippen LogP contribution in [0.25, 0.3) is 0 Å². The van der Waals surface area contributed by atoms with Crippen LogP contribution in [0.2, 0.25) is 0 Å². The molecule has 0 bridgehead atoms. The van der Waals surface area contributed by atoms with Crippen molar-refractivity contribution in [3.8, 4) is 0 Å². The number of amides is 2. The van der Waals surface area contributed by atoms with Gasteiger partial charge in [0.1, 0.15) is 5.41 Å². The van der Waals surface area contributed by atoms with Gasteiger partial charge in [-0.3, -0.25) is 14.4 Å². The maximum absolute atomic E-state index is 12.7. The minimum atomic E-state index is -0.913. The van der Waals surface area contributed by atoms with Crippen LogP contribution >= 0.6 is 0 Å². The SMILES string of the molecule is CC(C)(C)NC(=O)CN1CC2CC2(C(=O)c2ccccc2)C1=O. The Bertz CT molecular complexity index is 663. The van der Waals surface area contributed by atoms with Crippen LogP contribution < -0.4 is 5.32 Å². The molecule has 122 valence electrons. The van der Waals surface area contributed by atoms with Gasteiger partial charge in [-0.05, 0) is 33.1 Å². The van der Waals surface area contributed by atoms with Gasteiger partial charge in [-0.1, -0.05) is 30.3 Å². The van der Waals surface area contributed by atoms with E-state index in [1.54, 1.807) is 24.3 Å². The number of carbonyl (C=O) groups excluding carboxylic acids is 3. The highest BCUT2D eigenvalue weighted by atomic mass is 16.2. The lowest BCUT2D eigenvalue weighted by Crippen LogP contribution is -2.47. The number of piperidine rings is 1. The van der Waals surface area contributed by atoms with E-state index in [1.165, 1.54) is 4.90 Å². The summed E-state index contributed by atoms with van der Waals surface area (Å²) < 4.78 is 0. The van der Waals surface area contributed by atoms with E-state index in [-0.39, 0.29) is 35.6 Å². The normalized spacial score (nSPS) is 26.0. The zero-order valence-electron chi connectivity index (χ0n) is 13.8. The van der Waals surface area contributed by atoms with E-state index in [9.17, 15) is 14.4 Å². The van der Waals surface area contributed by atoms with E-state index < -0.39 is 5.41 Å². The maximum atomic E-state index is 12.7. The molecule has 5 nitrogen and oxygen atoms in total. The fraction of sp³-hybridized carbons (Fsp3) is 0.500. The van der Waals surface area contributed by atoms with Gasteiger partial charge in [0, 0.05) is 17.6 Å². The molecular weight excluding hydrogens is 292 g/mol. The van der Waals surface area contributed by atoms with Gasteiger partial charge in [-0.25, -0.2) is 0 Å². The molecule has 0 aromatic heterocycles. The van der Waals surface area contributed by atoms with Gasteiger partial charge in [-0.15, -0.1) is 0 Å². The molecule has 3 rings (SSSR count). The van der Waals surface area contributed by atoms with E-state index in [0.29, 0.717) is 18.5 Å². The van der Waals surface area contributed by atoms with Crippen molar-refractivity contribution in [2.45, 2.75) is 32.7 Å². The van der Waals surface area contributed by atoms with Gasteiger partial charge < -0.3 is 10.2 Å². The monoisotopic (exact) mass is 314 g/mol. The third-order valence-electron chi connectivity index (χ3n) is 4.50. The summed E-state index contributed by atoms with van der Waals surface area (Å²) in [6.45, 7) is 6.21. The van der Waals surface area contributed by atoms with Crippen molar-refractivity contribution in [2.75, 3.05) is 13.1 Å². The summed E-state index contributed by atoms with van der Waals surface area (Å²) in [5.74, 6) is -0.438. The van der Waals surface area contributed by atoms with Crippen LogP contribution in [0.1, 0.15) is 37.6 Å². The number of nitrogens with zero attached hydrogens (tertiary/aromatic N) is 1. The predicted octanol–water partition coefficient (Wildman–Crippen LogP) is 1.63. The van der Waals surface area contributed by atoms with E-state index in [0.717, 1.165) is 0 Å². The Morgan fingerprint density at radius 3 is 2.52 bits per heavy atom. The molecule has 1 saturated carbocycles. The number of nitrogens with one attached hydrogen (secondary N) is 1. The fourth-order valence-corrected chi connectivity index (χ4v) is 3.43. The molecule has 2 fully saturated rings. The summed E-state index contributed by atoms with van der Waals surface area (Å²) >= 11 is 0. The largest absolute Gasteiger partial charge is 0.350 e. The third-order valence-corrected chi connectivity index (χ3v) is 4.50. The van der Waals surface area contributed by atoms with Gasteiger partial charge in [-0.2, -0.15) is 0 Å². The van der Waals surface area contributed by atoms with Crippen LogP contribution in [-0.4, -0.2) is 41.1 Å². The Morgan fingerprint density at radius 1 is 1.26 bits per heavy atom. The van der Waals surface area contributed by atoms with Crippen LogP contribution in [0.3, 0.4) is 0 Å². The number of ketones is 1. The van der Waals surface area contributed by atoms with Gasteiger partial charge >= 0.3 is 0 Å². The Hall–Kier alpha value is -2.17. The molecule has 1 aromatic rings. The first-order chi connectivity index (χ1) is 10.7. The molecule has 1 N–H and O–H groups in total. The minimum absolute atomic E-state index is 0.0242. The van der Waals surface area contributed by atoms with Gasteiger partial charge in [0.05, 0.1) is 6.54 Å². The maximum Gasteiger partial charge on any atom is 0.240 e. The molecule has 1 aliphatic heterocycles. The summed E-state index contributed by atoms with van der Waals surface area (Å²) in [5.41, 5.74) is -0.673. The Labute approximate surface area is 136 Å². The lowest BCUT2D eigenvalue weighted by atomic mass is 9.93. The smallest absolute Gasteiger partial charge is 0.240 e. The van der Waals surface area contributed by atoms with Crippen molar-refractivity contribution in [1.82, 2.24) is 10.2 Å². The molecule has 2 aliphatic rings. The molecule has 0 radical (unpaired) electrons. The van der Waals surface area contributed by atoms with E-state index in [2.05, 4.69) is 5.32 Å². The van der Waals surface area contributed by atoms with Gasteiger partial charge in [0.2, 0.25) is 11.8 Å². The molecule has 2 atom stereocenters. The molecular formula is C18H22N2O3. The molecule has 2 unspecified atom stereocenters. The predicted molar refractivity (Wildman–Crippen MR) is 85.8 cm³/mol. The molecule has 23 heavy (non-hydrogen) atoms.